The maximum atomic E-state index is 11.9. The smallest absolute Gasteiger partial charge is 0.380 e. The zero-order valence-electron chi connectivity index (χ0n) is 9.34. The molecule has 0 spiro atoms. The van der Waals surface area contributed by atoms with E-state index in [1.54, 1.807) is 6.07 Å². The van der Waals surface area contributed by atoms with Crippen LogP contribution in [0.15, 0.2) is 62.2 Å². The third-order valence-electron chi connectivity index (χ3n) is 3.14. The Morgan fingerprint density at radius 3 is 1.94 bits per heavy atom. The second-order valence-corrected chi connectivity index (χ2v) is 4.19. The molecule has 0 amide bonds. The van der Waals surface area contributed by atoms with E-state index in [1.807, 2.05) is 42.5 Å². The molecule has 86 valence electrons. The lowest BCUT2D eigenvalue weighted by Gasteiger charge is -1.96. The molecule has 4 aromatic rings. The summed E-state index contributed by atoms with van der Waals surface area (Å²) in [4.78, 5) is 11.9. The average molecular weight is 236 g/mol. The Morgan fingerprint density at radius 1 is 0.722 bits per heavy atom. The SMILES string of the molecule is O=c1oc2ccccc2c2c1oc1ccccc12. The monoisotopic (exact) mass is 236 g/mol. The van der Waals surface area contributed by atoms with Crippen LogP contribution < -0.4 is 5.63 Å². The van der Waals surface area contributed by atoms with Gasteiger partial charge in [-0.05, 0) is 12.1 Å². The van der Waals surface area contributed by atoms with Crippen LogP contribution in [0.25, 0.3) is 32.9 Å². The molecule has 3 nitrogen and oxygen atoms in total. The molecular weight excluding hydrogens is 228 g/mol. The first kappa shape index (κ1) is 9.48. The van der Waals surface area contributed by atoms with Gasteiger partial charge in [0, 0.05) is 16.2 Å². The molecule has 0 radical (unpaired) electrons. The molecular formula is C15H8O3. The van der Waals surface area contributed by atoms with Crippen molar-refractivity contribution in [2.24, 2.45) is 0 Å². The summed E-state index contributed by atoms with van der Waals surface area (Å²) in [7, 11) is 0. The molecule has 0 aliphatic rings. The van der Waals surface area contributed by atoms with Crippen molar-refractivity contribution in [3.8, 4) is 0 Å². The molecule has 0 saturated heterocycles. The van der Waals surface area contributed by atoms with Gasteiger partial charge < -0.3 is 8.83 Å². The van der Waals surface area contributed by atoms with Crippen molar-refractivity contribution < 1.29 is 8.83 Å². The van der Waals surface area contributed by atoms with E-state index in [9.17, 15) is 4.79 Å². The number of para-hydroxylation sites is 2. The molecule has 2 heterocycles. The lowest BCUT2D eigenvalue weighted by molar-refractivity contribution is 0.544. The van der Waals surface area contributed by atoms with Gasteiger partial charge in [0.15, 0.2) is 0 Å². The Morgan fingerprint density at radius 2 is 1.28 bits per heavy atom. The van der Waals surface area contributed by atoms with Crippen LogP contribution in [-0.2, 0) is 0 Å². The summed E-state index contributed by atoms with van der Waals surface area (Å²) in [5.74, 6) is 0. The molecule has 2 aromatic heterocycles. The van der Waals surface area contributed by atoms with Gasteiger partial charge in [-0.2, -0.15) is 0 Å². The van der Waals surface area contributed by atoms with Crippen LogP contribution in [0.4, 0.5) is 0 Å². The van der Waals surface area contributed by atoms with Crippen LogP contribution in [-0.4, -0.2) is 0 Å². The summed E-state index contributed by atoms with van der Waals surface area (Å²) in [6, 6.07) is 15.1. The van der Waals surface area contributed by atoms with Gasteiger partial charge in [-0.1, -0.05) is 36.4 Å². The molecule has 3 heteroatoms. The third-order valence-corrected chi connectivity index (χ3v) is 3.14. The van der Waals surface area contributed by atoms with Crippen LogP contribution in [0.1, 0.15) is 0 Å². The Bertz CT molecular complexity index is 944. The van der Waals surface area contributed by atoms with Crippen molar-refractivity contribution in [2.45, 2.75) is 0 Å². The average Bonchev–Trinajstić information content (AvgIpc) is 2.79. The molecule has 0 fully saturated rings. The number of benzene rings is 2. The van der Waals surface area contributed by atoms with E-state index in [4.69, 9.17) is 8.83 Å². The topological polar surface area (TPSA) is 43.4 Å². The van der Waals surface area contributed by atoms with E-state index >= 15 is 0 Å². The Labute approximate surface area is 101 Å². The highest BCUT2D eigenvalue weighted by molar-refractivity contribution is 6.16. The summed E-state index contributed by atoms with van der Waals surface area (Å²) >= 11 is 0. The Hall–Kier alpha value is -2.55. The van der Waals surface area contributed by atoms with E-state index in [0.717, 1.165) is 16.2 Å². The Kier molecular flexibility index (Phi) is 1.70. The van der Waals surface area contributed by atoms with Crippen LogP contribution in [0.5, 0.6) is 0 Å². The quantitative estimate of drug-likeness (QED) is 0.437. The lowest BCUT2D eigenvalue weighted by atomic mass is 10.1. The van der Waals surface area contributed by atoms with E-state index in [1.165, 1.54) is 0 Å². The van der Waals surface area contributed by atoms with Gasteiger partial charge in [0.1, 0.15) is 11.2 Å². The first-order valence-corrected chi connectivity index (χ1v) is 5.68. The van der Waals surface area contributed by atoms with Crippen molar-refractivity contribution in [3.05, 3.63) is 59.0 Å². The highest BCUT2D eigenvalue weighted by atomic mass is 16.4. The number of hydrogen-bond donors (Lipinski definition) is 0. The highest BCUT2D eigenvalue weighted by Gasteiger charge is 2.14. The number of fused-ring (bicyclic) bond motifs is 5. The first-order valence-electron chi connectivity index (χ1n) is 5.68. The zero-order chi connectivity index (χ0) is 12.1. The molecule has 0 atom stereocenters. The molecule has 0 unspecified atom stereocenters. The fourth-order valence-electron chi connectivity index (χ4n) is 2.36. The molecule has 4 rings (SSSR count). The zero-order valence-corrected chi connectivity index (χ0v) is 9.34. The lowest BCUT2D eigenvalue weighted by Crippen LogP contribution is -1.97. The van der Waals surface area contributed by atoms with Crippen molar-refractivity contribution >= 4 is 32.9 Å². The van der Waals surface area contributed by atoms with Crippen LogP contribution in [0.2, 0.25) is 0 Å². The second-order valence-electron chi connectivity index (χ2n) is 4.19. The number of rotatable bonds is 0. The predicted octanol–water partition coefficient (Wildman–Crippen LogP) is 3.69. The van der Waals surface area contributed by atoms with Crippen LogP contribution in [0.3, 0.4) is 0 Å². The third kappa shape index (κ3) is 1.10. The molecule has 18 heavy (non-hydrogen) atoms. The molecule has 0 aliphatic carbocycles. The van der Waals surface area contributed by atoms with E-state index in [2.05, 4.69) is 0 Å². The molecule has 0 aliphatic heterocycles. The van der Waals surface area contributed by atoms with Gasteiger partial charge in [-0.25, -0.2) is 4.79 Å². The minimum absolute atomic E-state index is 0.287. The minimum Gasteiger partial charge on any atom is -0.448 e. The van der Waals surface area contributed by atoms with Gasteiger partial charge in [0.25, 0.3) is 0 Å². The maximum absolute atomic E-state index is 11.9. The summed E-state index contributed by atoms with van der Waals surface area (Å²) in [6.45, 7) is 0. The molecule has 0 bridgehead atoms. The molecule has 0 N–H and O–H groups in total. The van der Waals surface area contributed by atoms with Gasteiger partial charge >= 0.3 is 5.63 Å². The maximum Gasteiger partial charge on any atom is 0.380 e. The van der Waals surface area contributed by atoms with Crippen molar-refractivity contribution in [1.82, 2.24) is 0 Å². The summed E-state index contributed by atoms with van der Waals surface area (Å²) in [6.07, 6.45) is 0. The number of furan rings is 1. The number of hydrogen-bond acceptors (Lipinski definition) is 3. The van der Waals surface area contributed by atoms with Gasteiger partial charge in [-0.15, -0.1) is 0 Å². The second kappa shape index (κ2) is 3.23. The van der Waals surface area contributed by atoms with E-state index in [0.29, 0.717) is 11.2 Å². The minimum atomic E-state index is -0.431. The largest absolute Gasteiger partial charge is 0.448 e. The van der Waals surface area contributed by atoms with Gasteiger partial charge in [0.2, 0.25) is 5.58 Å². The normalized spacial score (nSPS) is 11.6. The fourth-order valence-corrected chi connectivity index (χ4v) is 2.36. The Balaban J connectivity index is 2.45. The van der Waals surface area contributed by atoms with E-state index in [-0.39, 0.29) is 5.58 Å². The summed E-state index contributed by atoms with van der Waals surface area (Å²) < 4.78 is 10.8. The van der Waals surface area contributed by atoms with E-state index < -0.39 is 5.63 Å². The summed E-state index contributed by atoms with van der Waals surface area (Å²) in [5, 5.41) is 2.67. The highest BCUT2D eigenvalue weighted by Crippen LogP contribution is 2.31. The van der Waals surface area contributed by atoms with Gasteiger partial charge in [-0.3, -0.25) is 0 Å². The van der Waals surface area contributed by atoms with Crippen LogP contribution in [0, 0.1) is 0 Å². The van der Waals surface area contributed by atoms with Crippen molar-refractivity contribution in [3.63, 3.8) is 0 Å². The fraction of sp³-hybridized carbons (Fsp3) is 0. The van der Waals surface area contributed by atoms with Crippen molar-refractivity contribution in [2.75, 3.05) is 0 Å². The first-order chi connectivity index (χ1) is 8.84. The van der Waals surface area contributed by atoms with Crippen molar-refractivity contribution in [1.29, 1.82) is 0 Å². The molecule has 0 saturated carbocycles. The standard InChI is InChI=1S/C15H8O3/c16-15-14-13(9-5-1-3-7-11(9)17-14)10-6-2-4-8-12(10)18-15/h1-8H. The van der Waals surface area contributed by atoms with Gasteiger partial charge in [0.05, 0.1) is 0 Å². The van der Waals surface area contributed by atoms with Crippen LogP contribution >= 0.6 is 0 Å². The predicted molar refractivity (Wildman–Crippen MR) is 69.8 cm³/mol. The summed E-state index contributed by atoms with van der Waals surface area (Å²) in [5.41, 5.74) is 1.15. The molecule has 2 aromatic carbocycles.